The summed E-state index contributed by atoms with van der Waals surface area (Å²) in [5, 5.41) is 21.3. The second kappa shape index (κ2) is 12.4. The van der Waals surface area contributed by atoms with Crippen molar-refractivity contribution >= 4 is 34.5 Å². The Bertz CT molecular complexity index is 1780. The minimum Gasteiger partial charge on any atom is -0.507 e. The SMILES string of the molecule is CN(C)C(=O)c1ccc(Oc2ccc(C(=O)O[C@]3(C(=O)SCF)CC[C@H]4[C@@H]5CCC6=CC(=O)C=C[C@]6(C)[C@@]5(F)[C@@H](O)C[C@@]43C)cc2)cc1O. The fraction of sp³-hybridized carbons (Fsp3) is 0.459. The van der Waals surface area contributed by atoms with E-state index in [4.69, 9.17) is 9.47 Å². The van der Waals surface area contributed by atoms with E-state index < -0.39 is 57.1 Å². The van der Waals surface area contributed by atoms with Gasteiger partial charge in [0.2, 0.25) is 5.12 Å². The highest BCUT2D eigenvalue weighted by molar-refractivity contribution is 8.13. The second-order valence-corrected chi connectivity index (χ2v) is 14.9. The van der Waals surface area contributed by atoms with Crippen LogP contribution in [0.2, 0.25) is 0 Å². The lowest BCUT2D eigenvalue weighted by Gasteiger charge is -2.62. The zero-order valence-corrected chi connectivity index (χ0v) is 28.5. The number of nitrogens with zero attached hydrogens (tertiary/aromatic N) is 1. The lowest BCUT2D eigenvalue weighted by Crippen LogP contribution is -2.69. The number of aliphatic hydroxyl groups excluding tert-OH is 1. The molecule has 0 heterocycles. The number of carbonyl (C=O) groups is 4. The molecule has 0 saturated heterocycles. The predicted octanol–water partition coefficient (Wildman–Crippen LogP) is 6.34. The molecule has 0 aromatic heterocycles. The number of alkyl halides is 2. The summed E-state index contributed by atoms with van der Waals surface area (Å²) in [6.07, 6.45) is 3.69. The van der Waals surface area contributed by atoms with Gasteiger partial charge in [-0.3, -0.25) is 14.4 Å². The zero-order chi connectivity index (χ0) is 35.5. The van der Waals surface area contributed by atoms with Gasteiger partial charge in [0.1, 0.15) is 23.3 Å². The summed E-state index contributed by atoms with van der Waals surface area (Å²) in [4.78, 5) is 53.2. The van der Waals surface area contributed by atoms with E-state index in [0.717, 1.165) is 0 Å². The van der Waals surface area contributed by atoms with Gasteiger partial charge in [0.25, 0.3) is 5.91 Å². The number of hydrogen-bond donors (Lipinski definition) is 2. The first-order valence-corrected chi connectivity index (χ1v) is 17.2. The molecule has 3 fully saturated rings. The number of hydrogen-bond acceptors (Lipinski definition) is 9. The first-order chi connectivity index (χ1) is 23.1. The van der Waals surface area contributed by atoms with E-state index in [1.165, 1.54) is 59.5 Å². The van der Waals surface area contributed by atoms with Gasteiger partial charge in [-0.05, 0) is 105 Å². The summed E-state index contributed by atoms with van der Waals surface area (Å²) in [7, 11) is 3.13. The van der Waals surface area contributed by atoms with Crippen LogP contribution in [0.1, 0.15) is 66.7 Å². The Morgan fingerprint density at radius 1 is 1.04 bits per heavy atom. The average molecular weight is 696 g/mol. The van der Waals surface area contributed by atoms with E-state index >= 15 is 4.39 Å². The third kappa shape index (κ3) is 5.29. The molecule has 0 spiro atoms. The van der Waals surface area contributed by atoms with Crippen LogP contribution in [-0.4, -0.2) is 75.4 Å². The third-order valence-corrected chi connectivity index (χ3v) is 12.2. The van der Waals surface area contributed by atoms with Crippen molar-refractivity contribution in [2.75, 3.05) is 20.1 Å². The molecule has 4 aliphatic rings. The van der Waals surface area contributed by atoms with Crippen molar-refractivity contribution in [3.8, 4) is 17.2 Å². The Morgan fingerprint density at radius 2 is 1.73 bits per heavy atom. The first kappa shape index (κ1) is 34.8. The number of aliphatic hydroxyl groups is 1. The number of fused-ring (bicyclic) bond motifs is 5. The van der Waals surface area contributed by atoms with E-state index in [1.807, 2.05) is 0 Å². The number of thioether (sulfide) groups is 1. The number of ketones is 1. The average Bonchev–Trinajstić information content (AvgIpc) is 3.34. The Kier molecular flexibility index (Phi) is 8.80. The van der Waals surface area contributed by atoms with Crippen molar-refractivity contribution in [1.82, 2.24) is 4.90 Å². The van der Waals surface area contributed by atoms with Crippen molar-refractivity contribution in [2.24, 2.45) is 22.7 Å². The van der Waals surface area contributed by atoms with Crippen molar-refractivity contribution < 1.29 is 47.6 Å². The number of carbonyl (C=O) groups excluding carboxylic acids is 4. The number of ether oxygens (including phenoxy) is 2. The van der Waals surface area contributed by atoms with Gasteiger partial charge >= 0.3 is 5.97 Å². The van der Waals surface area contributed by atoms with Gasteiger partial charge < -0.3 is 24.6 Å². The van der Waals surface area contributed by atoms with Crippen LogP contribution in [0, 0.1) is 22.7 Å². The highest BCUT2D eigenvalue weighted by Gasteiger charge is 2.75. The van der Waals surface area contributed by atoms with Crippen LogP contribution < -0.4 is 4.74 Å². The number of phenols is 1. The number of phenolic OH excluding ortho intramolecular Hbond substituents is 1. The highest BCUT2D eigenvalue weighted by Crippen LogP contribution is 2.70. The number of esters is 1. The van der Waals surface area contributed by atoms with Crippen LogP contribution in [0.5, 0.6) is 17.2 Å². The van der Waals surface area contributed by atoms with Gasteiger partial charge in [-0.25, -0.2) is 13.6 Å². The Balaban J connectivity index is 1.26. The van der Waals surface area contributed by atoms with Crippen LogP contribution in [0.3, 0.4) is 0 Å². The lowest BCUT2D eigenvalue weighted by molar-refractivity contribution is -0.214. The fourth-order valence-corrected chi connectivity index (χ4v) is 9.63. The standard InChI is InChI=1S/C37H39F2NO8S/c1-34-15-13-23(41)17-22(34)7-12-28-27-14-16-36(33(46)49-20-38,35(27,2)19-30(43)37(28,34)39)48-32(45)21-5-8-24(9-6-21)47-25-10-11-26(29(42)18-25)31(44)40(3)4/h5-6,8-11,13,15,17-18,27-28,30,42-43H,7,12,14,16,19-20H2,1-4H3/t27-,28-,30-,34-,35-,36-,37-/m0/s1. The molecule has 3 saturated carbocycles. The van der Waals surface area contributed by atoms with E-state index in [1.54, 1.807) is 34.0 Å². The van der Waals surface area contributed by atoms with Gasteiger partial charge in [-0.2, -0.15) is 0 Å². The number of aromatic hydroxyl groups is 1. The molecular formula is C37H39F2NO8S. The number of benzene rings is 2. The van der Waals surface area contributed by atoms with Crippen LogP contribution in [-0.2, 0) is 14.3 Å². The molecule has 7 atom stereocenters. The number of halogens is 2. The Labute approximate surface area is 287 Å². The largest absolute Gasteiger partial charge is 0.507 e. The molecule has 260 valence electrons. The number of allylic oxidation sites excluding steroid dienone is 4. The van der Waals surface area contributed by atoms with Crippen molar-refractivity contribution in [1.29, 1.82) is 0 Å². The molecule has 0 unspecified atom stereocenters. The minimum absolute atomic E-state index is 0.0375. The van der Waals surface area contributed by atoms with E-state index in [0.29, 0.717) is 42.3 Å². The van der Waals surface area contributed by atoms with Crippen LogP contribution in [0.25, 0.3) is 0 Å². The summed E-state index contributed by atoms with van der Waals surface area (Å²) in [5.74, 6) is -2.34. The Hall–Kier alpha value is -4.03. The van der Waals surface area contributed by atoms with Gasteiger partial charge in [0.15, 0.2) is 17.1 Å². The molecule has 4 aliphatic carbocycles. The summed E-state index contributed by atoms with van der Waals surface area (Å²) >= 11 is 0.395. The summed E-state index contributed by atoms with van der Waals surface area (Å²) < 4.78 is 43.2. The maximum Gasteiger partial charge on any atom is 0.339 e. The van der Waals surface area contributed by atoms with Crippen LogP contribution in [0.4, 0.5) is 8.78 Å². The summed E-state index contributed by atoms with van der Waals surface area (Å²) in [6, 6.07) is 9.07. The normalized spacial score (nSPS) is 33.1. The molecule has 6 rings (SSSR count). The molecule has 2 N–H and O–H groups in total. The van der Waals surface area contributed by atoms with Crippen LogP contribution >= 0.6 is 11.8 Å². The fourth-order valence-electron chi connectivity index (χ4n) is 8.92. The minimum atomic E-state index is -2.14. The monoisotopic (exact) mass is 695 g/mol. The lowest BCUT2D eigenvalue weighted by atomic mass is 9.45. The summed E-state index contributed by atoms with van der Waals surface area (Å²) in [5.41, 5.74) is -5.58. The summed E-state index contributed by atoms with van der Waals surface area (Å²) in [6.45, 7) is 3.43. The first-order valence-electron chi connectivity index (χ1n) is 16.2. The molecule has 0 bridgehead atoms. The topological polar surface area (TPSA) is 130 Å². The molecule has 1 amide bonds. The molecule has 49 heavy (non-hydrogen) atoms. The van der Waals surface area contributed by atoms with Gasteiger partial charge in [-0.15, -0.1) is 0 Å². The molecule has 2 aromatic rings. The molecule has 0 radical (unpaired) electrons. The zero-order valence-electron chi connectivity index (χ0n) is 27.7. The van der Waals surface area contributed by atoms with Gasteiger partial charge in [0, 0.05) is 36.9 Å². The quantitative estimate of drug-likeness (QED) is 0.319. The van der Waals surface area contributed by atoms with Crippen molar-refractivity contribution in [2.45, 2.75) is 63.3 Å². The molecule has 2 aromatic carbocycles. The molecular weight excluding hydrogens is 656 g/mol. The van der Waals surface area contributed by atoms with Crippen LogP contribution in [0.15, 0.2) is 66.3 Å². The maximum absolute atomic E-state index is 17.5. The highest BCUT2D eigenvalue weighted by atomic mass is 32.2. The molecule has 12 heteroatoms. The van der Waals surface area contributed by atoms with Crippen molar-refractivity contribution in [3.05, 3.63) is 77.4 Å². The smallest absolute Gasteiger partial charge is 0.339 e. The number of rotatable bonds is 7. The molecule has 9 nitrogen and oxygen atoms in total. The second-order valence-electron chi connectivity index (χ2n) is 14.1. The van der Waals surface area contributed by atoms with E-state index in [9.17, 15) is 33.8 Å². The van der Waals surface area contributed by atoms with Crippen molar-refractivity contribution in [3.63, 3.8) is 0 Å². The third-order valence-electron chi connectivity index (χ3n) is 11.5. The predicted molar refractivity (Wildman–Crippen MR) is 178 cm³/mol. The maximum atomic E-state index is 17.5. The number of amides is 1. The van der Waals surface area contributed by atoms with E-state index in [2.05, 4.69) is 0 Å². The van der Waals surface area contributed by atoms with Gasteiger partial charge in [-0.1, -0.05) is 18.6 Å². The molecule has 0 aliphatic heterocycles. The Morgan fingerprint density at radius 3 is 2.39 bits per heavy atom. The van der Waals surface area contributed by atoms with E-state index in [-0.39, 0.29) is 47.2 Å². The van der Waals surface area contributed by atoms with Gasteiger partial charge in [0.05, 0.1) is 17.2 Å².